The number of aromatic nitrogens is 2. The lowest BCUT2D eigenvalue weighted by Gasteiger charge is -2.10. The highest BCUT2D eigenvalue weighted by Gasteiger charge is 2.11. The van der Waals surface area contributed by atoms with Crippen molar-refractivity contribution in [1.82, 2.24) is 15.3 Å². The fourth-order valence-corrected chi connectivity index (χ4v) is 3.57. The predicted molar refractivity (Wildman–Crippen MR) is 129 cm³/mol. The van der Waals surface area contributed by atoms with Crippen molar-refractivity contribution in [2.45, 2.75) is 19.8 Å². The smallest absolute Gasteiger partial charge is 0.259 e. The molecule has 0 radical (unpaired) electrons. The topological polar surface area (TPSA) is 80.0 Å². The van der Waals surface area contributed by atoms with Crippen LogP contribution in [0.3, 0.4) is 0 Å². The molecule has 2 aromatic carbocycles. The molecule has 2 heterocycles. The summed E-state index contributed by atoms with van der Waals surface area (Å²) in [5.74, 6) is 0.648. The van der Waals surface area contributed by atoms with E-state index in [9.17, 15) is 4.79 Å². The Morgan fingerprint density at radius 3 is 2.58 bits per heavy atom. The quantitative estimate of drug-likeness (QED) is 0.343. The van der Waals surface area contributed by atoms with Crippen molar-refractivity contribution < 1.29 is 9.21 Å². The SMILES string of the molecule is CC(C)c1ccc2oc(-c3ccc(NC(=S)NC(=O)c4cncc(Br)c4)cc3)nc2c1. The molecule has 0 saturated heterocycles. The van der Waals surface area contributed by atoms with Crippen molar-refractivity contribution in [3.05, 3.63) is 76.5 Å². The van der Waals surface area contributed by atoms with Gasteiger partial charge in [-0.25, -0.2) is 4.98 Å². The monoisotopic (exact) mass is 494 g/mol. The number of pyridine rings is 1. The van der Waals surface area contributed by atoms with Crippen LogP contribution >= 0.6 is 28.1 Å². The number of nitrogens with zero attached hydrogens (tertiary/aromatic N) is 2. The molecule has 0 aliphatic rings. The summed E-state index contributed by atoms with van der Waals surface area (Å²) in [6.07, 6.45) is 3.08. The van der Waals surface area contributed by atoms with Gasteiger partial charge in [0.2, 0.25) is 5.89 Å². The Morgan fingerprint density at radius 1 is 1.10 bits per heavy atom. The van der Waals surface area contributed by atoms with Crippen molar-refractivity contribution in [2.24, 2.45) is 0 Å². The number of nitrogens with one attached hydrogen (secondary N) is 2. The van der Waals surface area contributed by atoms with Gasteiger partial charge in [-0.1, -0.05) is 19.9 Å². The fraction of sp³-hybridized carbons (Fsp3) is 0.130. The number of carbonyl (C=O) groups is 1. The summed E-state index contributed by atoms with van der Waals surface area (Å²) in [4.78, 5) is 20.9. The molecule has 4 rings (SSSR count). The maximum atomic E-state index is 12.3. The van der Waals surface area contributed by atoms with E-state index >= 15 is 0 Å². The van der Waals surface area contributed by atoms with Crippen LogP contribution in [0.15, 0.2) is 69.8 Å². The van der Waals surface area contributed by atoms with Gasteiger partial charge in [-0.15, -0.1) is 0 Å². The Morgan fingerprint density at radius 2 is 1.87 bits per heavy atom. The number of hydrogen-bond donors (Lipinski definition) is 2. The van der Waals surface area contributed by atoms with Gasteiger partial charge in [-0.2, -0.15) is 0 Å². The van der Waals surface area contributed by atoms with E-state index in [1.165, 1.54) is 11.8 Å². The standard InChI is InChI=1S/C23H19BrN4O2S/c1-13(2)15-5-8-20-19(10-15)27-22(30-20)14-3-6-18(7-4-14)26-23(31)28-21(29)16-9-17(24)12-25-11-16/h3-13H,1-2H3,(H2,26,28,29,31). The number of carbonyl (C=O) groups excluding carboxylic acids is 1. The van der Waals surface area contributed by atoms with Crippen molar-refractivity contribution in [3.8, 4) is 11.5 Å². The summed E-state index contributed by atoms with van der Waals surface area (Å²) in [5.41, 5.74) is 4.82. The van der Waals surface area contributed by atoms with Crippen molar-refractivity contribution in [3.63, 3.8) is 0 Å². The van der Waals surface area contributed by atoms with E-state index < -0.39 is 0 Å². The van der Waals surface area contributed by atoms with Crippen LogP contribution in [0.1, 0.15) is 35.7 Å². The van der Waals surface area contributed by atoms with Gasteiger partial charge in [-0.3, -0.25) is 15.1 Å². The van der Waals surface area contributed by atoms with Gasteiger partial charge >= 0.3 is 0 Å². The number of thiocarbonyl (C=S) groups is 1. The Hall–Kier alpha value is -3.10. The van der Waals surface area contributed by atoms with Crippen molar-refractivity contribution in [1.29, 1.82) is 0 Å². The number of anilines is 1. The summed E-state index contributed by atoms with van der Waals surface area (Å²) in [7, 11) is 0. The third kappa shape index (κ3) is 4.98. The lowest BCUT2D eigenvalue weighted by Crippen LogP contribution is -2.34. The minimum Gasteiger partial charge on any atom is -0.436 e. The number of benzene rings is 2. The lowest BCUT2D eigenvalue weighted by atomic mass is 10.0. The third-order valence-electron chi connectivity index (χ3n) is 4.66. The van der Waals surface area contributed by atoms with E-state index in [0.29, 0.717) is 21.8 Å². The molecule has 2 aromatic heterocycles. The maximum absolute atomic E-state index is 12.3. The summed E-state index contributed by atoms with van der Waals surface area (Å²) >= 11 is 8.54. The number of oxazole rings is 1. The molecule has 0 fully saturated rings. The number of halogens is 1. The average molecular weight is 495 g/mol. The number of fused-ring (bicyclic) bond motifs is 1. The van der Waals surface area contributed by atoms with E-state index in [4.69, 9.17) is 16.6 Å². The molecule has 6 nitrogen and oxygen atoms in total. The largest absolute Gasteiger partial charge is 0.436 e. The van der Waals surface area contributed by atoms with Crippen LogP contribution in [-0.4, -0.2) is 21.0 Å². The molecule has 0 aliphatic carbocycles. The second-order valence-corrected chi connectivity index (χ2v) is 8.60. The Balaban J connectivity index is 1.44. The van der Waals surface area contributed by atoms with E-state index in [-0.39, 0.29) is 11.0 Å². The maximum Gasteiger partial charge on any atom is 0.259 e. The fourth-order valence-electron chi connectivity index (χ4n) is 3.00. The van der Waals surface area contributed by atoms with E-state index in [1.807, 2.05) is 30.3 Å². The lowest BCUT2D eigenvalue weighted by molar-refractivity contribution is 0.0977. The van der Waals surface area contributed by atoms with Crippen LogP contribution < -0.4 is 10.6 Å². The first-order chi connectivity index (χ1) is 14.9. The zero-order valence-electron chi connectivity index (χ0n) is 16.8. The predicted octanol–water partition coefficient (Wildman–Crippen LogP) is 5.90. The van der Waals surface area contributed by atoms with Gasteiger partial charge in [0.05, 0.1) is 5.56 Å². The first-order valence-corrected chi connectivity index (χ1v) is 10.8. The average Bonchev–Trinajstić information content (AvgIpc) is 3.17. The number of hydrogen-bond acceptors (Lipinski definition) is 5. The molecule has 0 atom stereocenters. The summed E-state index contributed by atoms with van der Waals surface area (Å²) in [5, 5.41) is 5.83. The van der Waals surface area contributed by atoms with E-state index in [2.05, 4.69) is 62.5 Å². The van der Waals surface area contributed by atoms with Gasteiger partial charge in [0.1, 0.15) is 5.52 Å². The molecule has 2 N–H and O–H groups in total. The highest BCUT2D eigenvalue weighted by Crippen LogP contribution is 2.27. The molecule has 1 amide bonds. The molecule has 4 aromatic rings. The summed E-state index contributed by atoms with van der Waals surface area (Å²) in [6, 6.07) is 15.2. The first kappa shape index (κ1) is 21.1. The minimum absolute atomic E-state index is 0.195. The van der Waals surface area contributed by atoms with Gasteiger partial charge in [0.15, 0.2) is 10.7 Å². The van der Waals surface area contributed by atoms with Gasteiger partial charge in [0, 0.05) is 28.1 Å². The molecular formula is C23H19BrN4O2S. The zero-order valence-corrected chi connectivity index (χ0v) is 19.3. The molecular weight excluding hydrogens is 476 g/mol. The molecule has 156 valence electrons. The molecule has 0 unspecified atom stereocenters. The van der Waals surface area contributed by atoms with E-state index in [0.717, 1.165) is 22.4 Å². The highest BCUT2D eigenvalue weighted by molar-refractivity contribution is 9.10. The molecule has 31 heavy (non-hydrogen) atoms. The number of amides is 1. The molecule has 0 spiro atoms. The van der Waals surface area contributed by atoms with Crippen LogP contribution in [0.2, 0.25) is 0 Å². The molecule has 8 heteroatoms. The van der Waals surface area contributed by atoms with E-state index in [1.54, 1.807) is 12.3 Å². The Kier molecular flexibility index (Phi) is 6.11. The van der Waals surface area contributed by atoms with Crippen LogP contribution in [0.5, 0.6) is 0 Å². The summed E-state index contributed by atoms with van der Waals surface area (Å²) < 4.78 is 6.61. The molecule has 0 bridgehead atoms. The van der Waals surface area contributed by atoms with Crippen LogP contribution in [0, 0.1) is 0 Å². The normalized spacial score (nSPS) is 11.0. The van der Waals surface area contributed by atoms with Crippen molar-refractivity contribution >= 4 is 56.0 Å². The van der Waals surface area contributed by atoms with Gasteiger partial charge in [-0.05, 0) is 82.1 Å². The second kappa shape index (κ2) is 8.95. The third-order valence-corrected chi connectivity index (χ3v) is 5.30. The summed E-state index contributed by atoms with van der Waals surface area (Å²) in [6.45, 7) is 4.30. The van der Waals surface area contributed by atoms with Crippen LogP contribution in [0.25, 0.3) is 22.6 Å². The second-order valence-electron chi connectivity index (χ2n) is 7.28. The Bertz CT molecular complexity index is 1270. The van der Waals surface area contributed by atoms with Crippen LogP contribution in [-0.2, 0) is 0 Å². The zero-order chi connectivity index (χ0) is 22.0. The molecule has 0 aliphatic heterocycles. The van der Waals surface area contributed by atoms with Gasteiger partial charge < -0.3 is 9.73 Å². The Labute approximate surface area is 193 Å². The van der Waals surface area contributed by atoms with Crippen LogP contribution in [0.4, 0.5) is 5.69 Å². The number of rotatable bonds is 4. The van der Waals surface area contributed by atoms with Gasteiger partial charge in [0.25, 0.3) is 5.91 Å². The highest BCUT2D eigenvalue weighted by atomic mass is 79.9. The minimum atomic E-state index is -0.338. The first-order valence-electron chi connectivity index (χ1n) is 9.63. The van der Waals surface area contributed by atoms with Crippen molar-refractivity contribution in [2.75, 3.05) is 5.32 Å². The molecule has 0 saturated carbocycles.